The first-order chi connectivity index (χ1) is 10.6. The highest BCUT2D eigenvalue weighted by Gasteiger charge is 2.33. The molecule has 6 nitrogen and oxygen atoms in total. The molecule has 2 aliphatic rings. The van der Waals surface area contributed by atoms with Crippen molar-refractivity contribution < 1.29 is 29.2 Å². The van der Waals surface area contributed by atoms with Crippen molar-refractivity contribution in [1.82, 2.24) is 0 Å². The molecule has 0 saturated heterocycles. The van der Waals surface area contributed by atoms with Crippen LogP contribution in [0.2, 0.25) is 0 Å². The monoisotopic (exact) mass is 300 g/mol. The van der Waals surface area contributed by atoms with E-state index in [1.807, 2.05) is 0 Å². The number of carbonyl (C=O) groups is 1. The van der Waals surface area contributed by atoms with Crippen molar-refractivity contribution in [3.05, 3.63) is 41.5 Å². The van der Waals surface area contributed by atoms with Gasteiger partial charge in [-0.25, -0.2) is 0 Å². The van der Waals surface area contributed by atoms with Gasteiger partial charge in [-0.15, -0.1) is 0 Å². The van der Waals surface area contributed by atoms with E-state index in [0.717, 1.165) is 0 Å². The maximum atomic E-state index is 12.6. The molecule has 6 heteroatoms. The third-order valence-electron chi connectivity index (χ3n) is 3.85. The van der Waals surface area contributed by atoms with Gasteiger partial charge >= 0.3 is 0 Å². The number of aromatic hydroxyl groups is 2. The molecule has 2 aromatic rings. The summed E-state index contributed by atoms with van der Waals surface area (Å²) in [6.07, 6.45) is 0. The SMILES string of the molecule is O=C1c2ccc(O)cc2OCC1c1cc2c(cc1O)OCO2. The largest absolute Gasteiger partial charge is 0.508 e. The summed E-state index contributed by atoms with van der Waals surface area (Å²) in [6, 6.07) is 7.40. The van der Waals surface area contributed by atoms with Crippen LogP contribution in [0.15, 0.2) is 30.3 Å². The Bertz CT molecular complexity index is 782. The molecule has 0 bridgehead atoms. The third-order valence-corrected chi connectivity index (χ3v) is 3.85. The number of fused-ring (bicyclic) bond motifs is 2. The minimum atomic E-state index is -0.633. The summed E-state index contributed by atoms with van der Waals surface area (Å²) in [5.41, 5.74) is 0.819. The van der Waals surface area contributed by atoms with Crippen molar-refractivity contribution >= 4 is 5.78 Å². The zero-order chi connectivity index (χ0) is 15.3. The Morgan fingerprint density at radius 1 is 0.955 bits per heavy atom. The highest BCUT2D eigenvalue weighted by atomic mass is 16.7. The molecule has 0 aromatic heterocycles. The summed E-state index contributed by atoms with van der Waals surface area (Å²) >= 11 is 0. The standard InChI is InChI=1S/C16H12O6/c17-8-1-2-9-13(3-8)20-6-11(16(9)19)10-4-14-15(5-12(10)18)22-7-21-14/h1-5,11,17-18H,6-7H2. The zero-order valence-corrected chi connectivity index (χ0v) is 11.4. The minimum Gasteiger partial charge on any atom is -0.508 e. The zero-order valence-electron chi connectivity index (χ0n) is 11.4. The predicted molar refractivity (Wildman–Crippen MR) is 74.9 cm³/mol. The molecule has 0 saturated carbocycles. The number of Topliss-reactive ketones (excluding diaryl/α,β-unsaturated/α-hetero) is 1. The number of benzene rings is 2. The molecule has 22 heavy (non-hydrogen) atoms. The molecule has 2 N–H and O–H groups in total. The summed E-state index contributed by atoms with van der Waals surface area (Å²) in [5, 5.41) is 19.6. The van der Waals surface area contributed by atoms with Gasteiger partial charge in [0.2, 0.25) is 6.79 Å². The Kier molecular flexibility index (Phi) is 2.66. The second kappa shape index (κ2) is 4.56. The first-order valence-corrected chi connectivity index (χ1v) is 6.76. The van der Waals surface area contributed by atoms with E-state index < -0.39 is 5.92 Å². The average Bonchev–Trinajstić information content (AvgIpc) is 2.94. The van der Waals surface area contributed by atoms with Crippen LogP contribution in [-0.4, -0.2) is 29.4 Å². The van der Waals surface area contributed by atoms with Crippen LogP contribution >= 0.6 is 0 Å². The van der Waals surface area contributed by atoms with E-state index in [4.69, 9.17) is 14.2 Å². The van der Waals surface area contributed by atoms with E-state index in [0.29, 0.717) is 28.4 Å². The number of hydrogen-bond donors (Lipinski definition) is 2. The second-order valence-corrected chi connectivity index (χ2v) is 5.17. The average molecular weight is 300 g/mol. The van der Waals surface area contributed by atoms with E-state index in [2.05, 4.69) is 0 Å². The quantitative estimate of drug-likeness (QED) is 0.839. The second-order valence-electron chi connectivity index (χ2n) is 5.17. The Morgan fingerprint density at radius 2 is 1.73 bits per heavy atom. The highest BCUT2D eigenvalue weighted by molar-refractivity contribution is 6.04. The van der Waals surface area contributed by atoms with Crippen LogP contribution in [0.5, 0.6) is 28.7 Å². The molecule has 4 rings (SSSR count). The molecule has 2 heterocycles. The topological polar surface area (TPSA) is 85.2 Å². The Morgan fingerprint density at radius 3 is 2.55 bits per heavy atom. The molecule has 1 atom stereocenters. The van der Waals surface area contributed by atoms with E-state index in [-0.39, 0.29) is 30.7 Å². The van der Waals surface area contributed by atoms with Crippen LogP contribution in [0.25, 0.3) is 0 Å². The van der Waals surface area contributed by atoms with Crippen LogP contribution in [0, 0.1) is 0 Å². The number of phenols is 2. The van der Waals surface area contributed by atoms with Gasteiger partial charge in [-0.3, -0.25) is 4.79 Å². The van der Waals surface area contributed by atoms with Crippen LogP contribution in [-0.2, 0) is 0 Å². The number of carbonyl (C=O) groups excluding carboxylic acids is 1. The summed E-state index contributed by atoms with van der Waals surface area (Å²) < 4.78 is 16.0. The first kappa shape index (κ1) is 12.8. The minimum absolute atomic E-state index is 0.0339. The van der Waals surface area contributed by atoms with E-state index in [1.165, 1.54) is 24.3 Å². The lowest BCUT2D eigenvalue weighted by atomic mass is 9.88. The van der Waals surface area contributed by atoms with Crippen molar-refractivity contribution in [3.63, 3.8) is 0 Å². The fraction of sp³-hybridized carbons (Fsp3) is 0.188. The van der Waals surface area contributed by atoms with Crippen LogP contribution in [0.3, 0.4) is 0 Å². The summed E-state index contributed by atoms with van der Waals surface area (Å²) in [5.74, 6) is 0.501. The predicted octanol–water partition coefficient (Wildman–Crippen LogP) is 2.19. The van der Waals surface area contributed by atoms with Gasteiger partial charge in [0.05, 0.1) is 11.5 Å². The molecular weight excluding hydrogens is 288 g/mol. The Hall–Kier alpha value is -2.89. The van der Waals surface area contributed by atoms with Crippen molar-refractivity contribution in [2.45, 2.75) is 5.92 Å². The van der Waals surface area contributed by atoms with E-state index in [1.54, 1.807) is 6.07 Å². The molecular formula is C16H12O6. The Balaban J connectivity index is 1.76. The van der Waals surface area contributed by atoms with Crippen molar-refractivity contribution in [2.75, 3.05) is 13.4 Å². The normalized spacial score (nSPS) is 18.7. The summed E-state index contributed by atoms with van der Waals surface area (Å²) in [7, 11) is 0. The van der Waals surface area contributed by atoms with Gasteiger partial charge in [-0.1, -0.05) is 0 Å². The molecule has 1 unspecified atom stereocenters. The lowest BCUT2D eigenvalue weighted by Gasteiger charge is -2.25. The molecule has 0 radical (unpaired) electrons. The number of rotatable bonds is 1. The van der Waals surface area contributed by atoms with E-state index >= 15 is 0 Å². The summed E-state index contributed by atoms with van der Waals surface area (Å²) in [4.78, 5) is 12.6. The number of ether oxygens (including phenoxy) is 3. The van der Waals surface area contributed by atoms with Crippen molar-refractivity contribution in [1.29, 1.82) is 0 Å². The molecule has 2 aromatic carbocycles. The lowest BCUT2D eigenvalue weighted by Crippen LogP contribution is -2.26. The molecule has 0 amide bonds. The maximum Gasteiger partial charge on any atom is 0.231 e. The van der Waals surface area contributed by atoms with Crippen LogP contribution < -0.4 is 14.2 Å². The van der Waals surface area contributed by atoms with Gasteiger partial charge in [0, 0.05) is 17.7 Å². The van der Waals surface area contributed by atoms with Gasteiger partial charge < -0.3 is 24.4 Å². The fourth-order valence-corrected chi connectivity index (χ4v) is 2.73. The fourth-order valence-electron chi connectivity index (χ4n) is 2.73. The molecule has 112 valence electrons. The first-order valence-electron chi connectivity index (χ1n) is 6.76. The van der Waals surface area contributed by atoms with Crippen LogP contribution in [0.1, 0.15) is 21.8 Å². The van der Waals surface area contributed by atoms with Gasteiger partial charge in [-0.05, 0) is 18.2 Å². The smallest absolute Gasteiger partial charge is 0.231 e. The highest BCUT2D eigenvalue weighted by Crippen LogP contribution is 2.43. The third kappa shape index (κ3) is 1.84. The lowest BCUT2D eigenvalue weighted by molar-refractivity contribution is 0.0894. The van der Waals surface area contributed by atoms with Gasteiger partial charge in [0.25, 0.3) is 0 Å². The molecule has 0 spiro atoms. The van der Waals surface area contributed by atoms with E-state index in [9.17, 15) is 15.0 Å². The van der Waals surface area contributed by atoms with Gasteiger partial charge in [0.1, 0.15) is 23.9 Å². The number of ketones is 1. The number of phenolic OH excluding ortho intramolecular Hbond substituents is 2. The Labute approximate surface area is 125 Å². The van der Waals surface area contributed by atoms with Crippen molar-refractivity contribution in [2.24, 2.45) is 0 Å². The molecule has 2 aliphatic heterocycles. The molecule has 0 aliphatic carbocycles. The van der Waals surface area contributed by atoms with Crippen LogP contribution in [0.4, 0.5) is 0 Å². The molecule has 0 fully saturated rings. The van der Waals surface area contributed by atoms with Crippen molar-refractivity contribution in [3.8, 4) is 28.7 Å². The number of hydrogen-bond acceptors (Lipinski definition) is 6. The summed E-state index contributed by atoms with van der Waals surface area (Å²) in [6.45, 7) is 0.179. The van der Waals surface area contributed by atoms with Gasteiger partial charge in [0.15, 0.2) is 17.3 Å². The maximum absolute atomic E-state index is 12.6. The van der Waals surface area contributed by atoms with Gasteiger partial charge in [-0.2, -0.15) is 0 Å².